The van der Waals surface area contributed by atoms with Crippen LogP contribution in [0.3, 0.4) is 0 Å². The molecule has 0 saturated carbocycles. The van der Waals surface area contributed by atoms with Gasteiger partial charge in [0.2, 0.25) is 0 Å². The van der Waals surface area contributed by atoms with E-state index < -0.39 is 7.22 Å². The molecule has 0 radical (unpaired) electrons. The van der Waals surface area contributed by atoms with Crippen molar-refractivity contribution in [3.8, 4) is 0 Å². The second-order valence-corrected chi connectivity index (χ2v) is 15.5. The van der Waals surface area contributed by atoms with Gasteiger partial charge in [-0.1, -0.05) is 57.3 Å². The van der Waals surface area contributed by atoms with Gasteiger partial charge in [0, 0.05) is 16.5 Å². The molecular weight excluding hydrogens is 290 g/mol. The summed E-state index contributed by atoms with van der Waals surface area (Å²) in [5.74, 6) is 0. The van der Waals surface area contributed by atoms with Gasteiger partial charge in [-0.05, 0) is 30.4 Å². The molecule has 2 aromatic rings. The Morgan fingerprint density at radius 3 is 2.48 bits per heavy atom. The second-order valence-electron chi connectivity index (χ2n) is 6.30. The molecule has 0 amide bonds. The molecule has 0 unspecified atom stereocenters. The van der Waals surface area contributed by atoms with Gasteiger partial charge < -0.3 is 0 Å². The van der Waals surface area contributed by atoms with Crippen LogP contribution in [0, 0.1) is 0 Å². The minimum Gasteiger partial charge on any atom is -0.261 e. The van der Waals surface area contributed by atoms with E-state index in [1.54, 1.807) is 0 Å². The third-order valence-corrected chi connectivity index (χ3v) is 6.85. The second kappa shape index (κ2) is 7.28. The normalized spacial score (nSPS) is 12.4. The maximum Gasteiger partial charge on any atom is 0.114 e. The Hall–Kier alpha value is -1.06. The molecule has 0 N–H and O–H groups in total. The molecule has 3 heteroatoms. The van der Waals surface area contributed by atoms with Gasteiger partial charge in [0.15, 0.2) is 0 Å². The molecule has 2 rings (SSSR count). The van der Waals surface area contributed by atoms with Crippen molar-refractivity contribution in [3.05, 3.63) is 36.4 Å². The lowest BCUT2D eigenvalue weighted by atomic mass is 10.1. The summed E-state index contributed by atoms with van der Waals surface area (Å²) < 4.78 is 0. The van der Waals surface area contributed by atoms with Gasteiger partial charge >= 0.3 is 0 Å². The molecule has 0 bridgehead atoms. The highest BCUT2D eigenvalue weighted by molar-refractivity contribution is 8.28. The Bertz CT molecular complexity index is 623. The van der Waals surface area contributed by atoms with Crippen molar-refractivity contribution in [3.63, 3.8) is 0 Å². The standard InChI is InChI=1S/C18H25NSSi/c1-5-6-7-14-19-16-12-8-10-15-11-9-13-17(18(15)16)20-21(2,3)4/h8-14H,5-7H2,1-4H3/b19-14-. The topological polar surface area (TPSA) is 12.4 Å². The van der Waals surface area contributed by atoms with Gasteiger partial charge in [0.25, 0.3) is 0 Å². The van der Waals surface area contributed by atoms with Crippen LogP contribution in [0.15, 0.2) is 46.3 Å². The predicted molar refractivity (Wildman–Crippen MR) is 101 cm³/mol. The van der Waals surface area contributed by atoms with Crippen molar-refractivity contribution in [2.75, 3.05) is 0 Å². The number of fused-ring (bicyclic) bond motifs is 1. The molecule has 0 aliphatic rings. The first kappa shape index (κ1) is 16.3. The Kier molecular flexibility index (Phi) is 5.65. The fourth-order valence-corrected chi connectivity index (χ4v) is 5.89. The molecule has 1 nitrogen and oxygen atoms in total. The van der Waals surface area contributed by atoms with Crippen molar-refractivity contribution < 1.29 is 0 Å². The summed E-state index contributed by atoms with van der Waals surface area (Å²) in [7, 11) is -1.22. The van der Waals surface area contributed by atoms with Crippen LogP contribution in [-0.2, 0) is 0 Å². The van der Waals surface area contributed by atoms with E-state index >= 15 is 0 Å². The average molecular weight is 316 g/mol. The lowest BCUT2D eigenvalue weighted by molar-refractivity contribution is 0.843. The molecule has 112 valence electrons. The summed E-state index contributed by atoms with van der Waals surface area (Å²) in [5, 5.41) is 2.61. The molecule has 0 fully saturated rings. The highest BCUT2D eigenvalue weighted by Crippen LogP contribution is 2.38. The van der Waals surface area contributed by atoms with Crippen LogP contribution in [0.1, 0.15) is 26.2 Å². The van der Waals surface area contributed by atoms with Crippen LogP contribution >= 0.6 is 11.2 Å². The largest absolute Gasteiger partial charge is 0.261 e. The zero-order valence-corrected chi connectivity index (χ0v) is 15.3. The first-order chi connectivity index (χ1) is 10.0. The van der Waals surface area contributed by atoms with E-state index in [-0.39, 0.29) is 0 Å². The molecule has 0 aliphatic heterocycles. The fourth-order valence-electron chi connectivity index (χ4n) is 2.27. The number of rotatable bonds is 6. The number of benzene rings is 2. The number of nitrogens with zero attached hydrogens (tertiary/aromatic N) is 1. The van der Waals surface area contributed by atoms with E-state index in [1.807, 2.05) is 0 Å². The number of hydrogen-bond donors (Lipinski definition) is 0. The smallest absolute Gasteiger partial charge is 0.114 e. The van der Waals surface area contributed by atoms with Gasteiger partial charge in [-0.2, -0.15) is 11.2 Å². The summed E-state index contributed by atoms with van der Waals surface area (Å²) in [4.78, 5) is 6.12. The summed E-state index contributed by atoms with van der Waals surface area (Å²) in [6.07, 6.45) is 5.58. The Morgan fingerprint density at radius 1 is 1.10 bits per heavy atom. The monoisotopic (exact) mass is 315 g/mol. The molecule has 0 aliphatic carbocycles. The first-order valence-electron chi connectivity index (χ1n) is 7.74. The molecule has 2 aromatic carbocycles. The summed E-state index contributed by atoms with van der Waals surface area (Å²) >= 11 is 2.05. The minimum atomic E-state index is -1.22. The zero-order valence-electron chi connectivity index (χ0n) is 13.5. The average Bonchev–Trinajstić information content (AvgIpc) is 2.42. The molecule has 0 heterocycles. The summed E-state index contributed by atoms with van der Waals surface area (Å²) in [6, 6.07) is 13.0. The first-order valence-corrected chi connectivity index (χ1v) is 12.8. The molecule has 0 atom stereocenters. The van der Waals surface area contributed by atoms with Crippen molar-refractivity contribution in [2.24, 2.45) is 4.99 Å². The van der Waals surface area contributed by atoms with Crippen LogP contribution in [0.25, 0.3) is 10.8 Å². The number of hydrogen-bond acceptors (Lipinski definition) is 2. The highest BCUT2D eigenvalue weighted by Gasteiger charge is 2.17. The third kappa shape index (κ3) is 4.72. The van der Waals surface area contributed by atoms with Crippen LogP contribution < -0.4 is 0 Å². The lowest BCUT2D eigenvalue weighted by Crippen LogP contribution is -2.13. The number of unbranched alkanes of at least 4 members (excludes halogenated alkanes) is 2. The Labute approximate surface area is 133 Å². The fraction of sp³-hybridized carbons (Fsp3) is 0.389. The predicted octanol–water partition coefficient (Wildman–Crippen LogP) is 6.66. The summed E-state index contributed by atoms with van der Waals surface area (Å²) in [6.45, 7) is 9.39. The SMILES string of the molecule is CCCC/C=N\c1cccc2cccc(S[Si](C)(C)C)c12. The number of aliphatic imine (C=N–C) groups is 1. The van der Waals surface area contributed by atoms with E-state index in [0.29, 0.717) is 0 Å². The third-order valence-electron chi connectivity index (χ3n) is 3.18. The van der Waals surface area contributed by atoms with Crippen LogP contribution in [0.5, 0.6) is 0 Å². The lowest BCUT2D eigenvalue weighted by Gasteiger charge is -2.17. The maximum absolute atomic E-state index is 4.74. The van der Waals surface area contributed by atoms with E-state index in [2.05, 4.69) is 80.4 Å². The van der Waals surface area contributed by atoms with Crippen molar-refractivity contribution in [1.29, 1.82) is 0 Å². The van der Waals surface area contributed by atoms with Crippen LogP contribution in [-0.4, -0.2) is 13.4 Å². The maximum atomic E-state index is 4.74. The van der Waals surface area contributed by atoms with E-state index in [9.17, 15) is 0 Å². The van der Waals surface area contributed by atoms with Crippen LogP contribution in [0.4, 0.5) is 5.69 Å². The summed E-state index contributed by atoms with van der Waals surface area (Å²) in [5.41, 5.74) is 1.12. The minimum absolute atomic E-state index is 1.07. The van der Waals surface area contributed by atoms with Gasteiger partial charge in [-0.3, -0.25) is 4.99 Å². The van der Waals surface area contributed by atoms with Gasteiger partial charge in [-0.25, -0.2) is 0 Å². The molecule has 21 heavy (non-hydrogen) atoms. The van der Waals surface area contributed by atoms with E-state index in [1.165, 1.54) is 28.5 Å². The van der Waals surface area contributed by atoms with Gasteiger partial charge in [0.05, 0.1) is 5.69 Å². The highest BCUT2D eigenvalue weighted by atomic mass is 32.4. The van der Waals surface area contributed by atoms with Crippen molar-refractivity contribution >= 4 is 41.1 Å². The van der Waals surface area contributed by atoms with Gasteiger partial charge in [-0.15, -0.1) is 0 Å². The van der Waals surface area contributed by atoms with Crippen molar-refractivity contribution in [2.45, 2.75) is 50.7 Å². The molecule has 0 saturated heterocycles. The van der Waals surface area contributed by atoms with E-state index in [4.69, 9.17) is 4.99 Å². The Morgan fingerprint density at radius 2 is 1.81 bits per heavy atom. The molecule has 0 spiro atoms. The van der Waals surface area contributed by atoms with Crippen LogP contribution in [0.2, 0.25) is 19.6 Å². The van der Waals surface area contributed by atoms with Gasteiger partial charge in [0.1, 0.15) is 7.22 Å². The Balaban J connectivity index is 2.43. The zero-order chi connectivity index (χ0) is 15.3. The van der Waals surface area contributed by atoms with Crippen molar-refractivity contribution in [1.82, 2.24) is 0 Å². The molecular formula is C18H25NSSi. The quantitative estimate of drug-likeness (QED) is 0.330. The molecule has 0 aromatic heterocycles. The van der Waals surface area contributed by atoms with E-state index in [0.717, 1.165) is 12.1 Å².